The molecule has 4 rings (SSSR count). The van der Waals surface area contributed by atoms with Gasteiger partial charge in [0.1, 0.15) is 4.75 Å². The van der Waals surface area contributed by atoms with Crippen LogP contribution in [0.15, 0.2) is 54.5 Å². The van der Waals surface area contributed by atoms with Crippen LogP contribution in [-0.4, -0.2) is 17.1 Å². The van der Waals surface area contributed by atoms with Crippen molar-refractivity contribution in [3.05, 3.63) is 59.7 Å². The summed E-state index contributed by atoms with van der Waals surface area (Å²) in [6.45, 7) is 1.78. The minimum Gasteiger partial charge on any atom is -0.619 e. The van der Waals surface area contributed by atoms with E-state index in [-0.39, 0.29) is 0 Å². The van der Waals surface area contributed by atoms with Gasteiger partial charge in [0.25, 0.3) is 0 Å². The first-order chi connectivity index (χ1) is 11.4. The summed E-state index contributed by atoms with van der Waals surface area (Å²) >= 11 is 0. The van der Waals surface area contributed by atoms with Gasteiger partial charge in [-0.2, -0.15) is 4.73 Å². The summed E-state index contributed by atoms with van der Waals surface area (Å²) in [6.07, 6.45) is 14.1. The Morgan fingerprint density at radius 1 is 1.33 bits per heavy atom. The van der Waals surface area contributed by atoms with Crippen LogP contribution in [0.2, 0.25) is 0 Å². The second kappa shape index (κ2) is 5.21. The van der Waals surface area contributed by atoms with Gasteiger partial charge in [0.2, 0.25) is 10.0 Å². The number of nitrogens with zero attached hydrogens (tertiary/aromatic N) is 2. The monoisotopic (exact) mass is 344 g/mol. The van der Waals surface area contributed by atoms with Crippen LogP contribution < -0.4 is 4.73 Å². The predicted molar refractivity (Wildman–Crippen MR) is 92.8 cm³/mol. The zero-order valence-electron chi connectivity index (χ0n) is 13.6. The average molecular weight is 344 g/mol. The summed E-state index contributed by atoms with van der Waals surface area (Å²) in [5.74, 6) is 0.533. The molecule has 2 heterocycles. The fourth-order valence-electron chi connectivity index (χ4n) is 3.61. The molecule has 24 heavy (non-hydrogen) atoms. The van der Waals surface area contributed by atoms with Crippen LogP contribution in [0.25, 0.3) is 10.9 Å². The van der Waals surface area contributed by atoms with Crippen molar-refractivity contribution >= 4 is 20.9 Å². The molecule has 2 aromatic rings. The molecule has 2 aliphatic carbocycles. The van der Waals surface area contributed by atoms with E-state index in [0.717, 1.165) is 12.8 Å². The largest absolute Gasteiger partial charge is 0.619 e. The Labute approximate surface area is 141 Å². The Morgan fingerprint density at radius 3 is 2.83 bits per heavy atom. The zero-order chi connectivity index (χ0) is 16.9. The van der Waals surface area contributed by atoms with Crippen LogP contribution in [-0.2, 0) is 10.0 Å². The number of aromatic nitrogens is 2. The molecule has 126 valence electrons. The lowest BCUT2D eigenvalue weighted by Gasteiger charge is -2.36. The van der Waals surface area contributed by atoms with Crippen molar-refractivity contribution in [3.63, 3.8) is 0 Å². The summed E-state index contributed by atoms with van der Waals surface area (Å²) in [4.78, 5) is 0. The van der Waals surface area contributed by atoms with Crippen molar-refractivity contribution < 1.29 is 13.1 Å². The van der Waals surface area contributed by atoms with Gasteiger partial charge in [-0.05, 0) is 38.2 Å². The molecule has 0 radical (unpaired) electrons. The molecule has 0 spiro atoms. The van der Waals surface area contributed by atoms with Crippen molar-refractivity contribution in [2.24, 2.45) is 5.92 Å². The molecular formula is C18H20N2O3S. The van der Waals surface area contributed by atoms with Gasteiger partial charge in [-0.15, -0.1) is 0 Å². The average Bonchev–Trinajstić information content (AvgIpc) is 2.89. The molecule has 1 fully saturated rings. The molecule has 0 saturated heterocycles. The van der Waals surface area contributed by atoms with Gasteiger partial charge in [0.15, 0.2) is 12.4 Å². The van der Waals surface area contributed by atoms with E-state index in [1.165, 1.54) is 28.4 Å². The van der Waals surface area contributed by atoms with E-state index in [4.69, 9.17) is 0 Å². The van der Waals surface area contributed by atoms with Crippen molar-refractivity contribution in [3.8, 4) is 0 Å². The number of hydrogen-bond donors (Lipinski definition) is 0. The van der Waals surface area contributed by atoms with Crippen molar-refractivity contribution in [2.75, 3.05) is 0 Å². The van der Waals surface area contributed by atoms with Gasteiger partial charge >= 0.3 is 0 Å². The highest BCUT2D eigenvalue weighted by Gasteiger charge is 2.42. The predicted octanol–water partition coefficient (Wildman–Crippen LogP) is 2.90. The summed E-state index contributed by atoms with van der Waals surface area (Å²) in [6, 6.07) is 3.22. The number of pyridine rings is 1. The second-order valence-corrected chi connectivity index (χ2v) is 9.26. The van der Waals surface area contributed by atoms with Gasteiger partial charge in [-0.25, -0.2) is 12.4 Å². The number of hydrogen-bond acceptors (Lipinski definition) is 3. The second-order valence-electron chi connectivity index (χ2n) is 6.98. The SMILES string of the molecule is CC1(S(=O)(=O)n2ccc3c[n+]([O-])ccc32)C=CC=C(C2CCC2)C1. The zero-order valence-corrected chi connectivity index (χ0v) is 14.4. The Bertz CT molecular complexity index is 967. The molecule has 0 aliphatic heterocycles. The molecule has 1 atom stereocenters. The van der Waals surface area contributed by atoms with Gasteiger partial charge in [-0.3, -0.25) is 0 Å². The maximum Gasteiger partial charge on any atom is 0.248 e. The fourth-order valence-corrected chi connectivity index (χ4v) is 5.31. The maximum atomic E-state index is 13.3. The highest BCUT2D eigenvalue weighted by atomic mass is 32.2. The first-order valence-electron chi connectivity index (χ1n) is 8.24. The van der Waals surface area contributed by atoms with Gasteiger partial charge < -0.3 is 5.21 Å². The third-order valence-electron chi connectivity index (χ3n) is 5.36. The molecule has 0 aromatic carbocycles. The molecule has 1 unspecified atom stereocenters. The highest BCUT2D eigenvalue weighted by Crippen LogP contribution is 2.42. The molecular weight excluding hydrogens is 324 g/mol. The molecule has 2 aromatic heterocycles. The van der Waals surface area contributed by atoms with Gasteiger partial charge in [0, 0.05) is 12.3 Å². The lowest BCUT2D eigenvalue weighted by molar-refractivity contribution is -0.603. The number of rotatable bonds is 3. The summed E-state index contributed by atoms with van der Waals surface area (Å²) in [5, 5.41) is 12.0. The number of allylic oxidation sites excluding steroid dienone is 3. The Kier molecular flexibility index (Phi) is 3.35. The van der Waals surface area contributed by atoms with Crippen molar-refractivity contribution in [1.82, 2.24) is 3.97 Å². The highest BCUT2D eigenvalue weighted by molar-refractivity contribution is 7.91. The minimum atomic E-state index is -3.63. The number of fused-ring (bicyclic) bond motifs is 1. The third-order valence-corrected chi connectivity index (χ3v) is 7.66. The molecule has 2 aliphatic rings. The molecule has 5 nitrogen and oxygen atoms in total. The van der Waals surface area contributed by atoms with Gasteiger partial charge in [-0.1, -0.05) is 30.2 Å². The first kappa shape index (κ1) is 15.4. The van der Waals surface area contributed by atoms with Gasteiger partial charge in [0.05, 0.1) is 10.9 Å². The van der Waals surface area contributed by atoms with Crippen LogP contribution in [0.1, 0.15) is 32.6 Å². The molecule has 0 amide bonds. The maximum absolute atomic E-state index is 13.3. The van der Waals surface area contributed by atoms with E-state index in [2.05, 4.69) is 6.08 Å². The van der Waals surface area contributed by atoms with Crippen molar-refractivity contribution in [2.45, 2.75) is 37.4 Å². The van der Waals surface area contributed by atoms with Crippen LogP contribution in [0.4, 0.5) is 0 Å². The molecule has 0 bridgehead atoms. The Morgan fingerprint density at radius 2 is 2.12 bits per heavy atom. The standard InChI is InChI=1S/C18H20N2O3S/c1-18(9-3-6-15(12-18)14-4-2-5-14)24(22,23)20-11-7-16-13-19(21)10-8-17(16)20/h3,6-11,13-14H,2,4-5,12H2,1H3. The van der Waals surface area contributed by atoms with Crippen LogP contribution >= 0.6 is 0 Å². The normalized spacial score (nSPS) is 24.8. The lowest BCUT2D eigenvalue weighted by Crippen LogP contribution is -2.40. The molecule has 6 heteroatoms. The Hall–Kier alpha value is -2.08. The van der Waals surface area contributed by atoms with E-state index in [9.17, 15) is 13.6 Å². The van der Waals surface area contributed by atoms with E-state index in [1.807, 2.05) is 6.08 Å². The quantitative estimate of drug-likeness (QED) is 0.635. The minimum absolute atomic E-state index is 0.532. The van der Waals surface area contributed by atoms with Crippen LogP contribution in [0.3, 0.4) is 0 Å². The third kappa shape index (κ3) is 2.20. The van der Waals surface area contributed by atoms with E-state index < -0.39 is 14.8 Å². The summed E-state index contributed by atoms with van der Waals surface area (Å²) in [5.41, 5.74) is 1.78. The smallest absolute Gasteiger partial charge is 0.248 e. The molecule has 0 N–H and O–H groups in total. The first-order valence-corrected chi connectivity index (χ1v) is 9.68. The van der Waals surface area contributed by atoms with E-state index in [1.54, 1.807) is 31.3 Å². The fraction of sp³-hybridized carbons (Fsp3) is 0.389. The van der Waals surface area contributed by atoms with E-state index in [0.29, 0.717) is 28.0 Å². The molecule has 1 saturated carbocycles. The van der Waals surface area contributed by atoms with E-state index >= 15 is 0 Å². The summed E-state index contributed by atoms with van der Waals surface area (Å²) < 4.78 is 27.7. The van der Waals surface area contributed by atoms with Crippen molar-refractivity contribution in [1.29, 1.82) is 0 Å². The lowest BCUT2D eigenvalue weighted by atomic mass is 9.75. The topological polar surface area (TPSA) is 66.0 Å². The van der Waals surface area contributed by atoms with Crippen LogP contribution in [0, 0.1) is 11.1 Å². The van der Waals surface area contributed by atoms with Crippen LogP contribution in [0.5, 0.6) is 0 Å². The summed E-state index contributed by atoms with van der Waals surface area (Å²) in [7, 11) is -3.63. The Balaban J connectivity index is 1.76.